The van der Waals surface area contributed by atoms with Crippen molar-refractivity contribution >= 4 is 17.3 Å². The van der Waals surface area contributed by atoms with Crippen LogP contribution in [0.5, 0.6) is 5.75 Å². The molecule has 126 valence electrons. The van der Waals surface area contributed by atoms with Gasteiger partial charge in [0.15, 0.2) is 0 Å². The Kier molecular flexibility index (Phi) is 4.37. The molecular formula is C18H27N3O2. The van der Waals surface area contributed by atoms with Crippen molar-refractivity contribution in [2.75, 3.05) is 36.8 Å². The van der Waals surface area contributed by atoms with Crippen LogP contribution in [0.4, 0.5) is 11.4 Å². The number of nitrogens with zero attached hydrogens (tertiary/aromatic N) is 2. The first-order chi connectivity index (χ1) is 10.9. The van der Waals surface area contributed by atoms with Gasteiger partial charge >= 0.3 is 0 Å². The number of anilines is 2. The van der Waals surface area contributed by atoms with Crippen LogP contribution in [0.3, 0.4) is 0 Å². The van der Waals surface area contributed by atoms with Gasteiger partial charge < -0.3 is 20.3 Å². The van der Waals surface area contributed by atoms with Gasteiger partial charge in [-0.1, -0.05) is 12.8 Å². The van der Waals surface area contributed by atoms with Gasteiger partial charge in [0, 0.05) is 18.8 Å². The normalized spacial score (nSPS) is 20.4. The third-order valence-electron chi connectivity index (χ3n) is 4.57. The number of nitrogens with two attached hydrogens (primary N) is 1. The molecule has 0 bridgehead atoms. The lowest BCUT2D eigenvalue weighted by Crippen LogP contribution is -2.50. The van der Waals surface area contributed by atoms with E-state index in [2.05, 4.69) is 18.7 Å². The van der Waals surface area contributed by atoms with Gasteiger partial charge in [0.05, 0.1) is 18.8 Å². The zero-order valence-corrected chi connectivity index (χ0v) is 14.2. The second-order valence-corrected chi connectivity index (χ2v) is 7.24. The molecule has 1 fully saturated rings. The van der Waals surface area contributed by atoms with Crippen LogP contribution < -0.4 is 15.4 Å². The number of ether oxygens (including phenoxy) is 1. The molecule has 2 aliphatic heterocycles. The minimum atomic E-state index is -0.317. The fourth-order valence-corrected chi connectivity index (χ4v) is 3.47. The van der Waals surface area contributed by atoms with E-state index >= 15 is 0 Å². The van der Waals surface area contributed by atoms with Crippen LogP contribution in [-0.2, 0) is 4.79 Å². The highest BCUT2D eigenvalue weighted by Crippen LogP contribution is 2.38. The molecule has 0 saturated carbocycles. The van der Waals surface area contributed by atoms with E-state index in [0.29, 0.717) is 18.8 Å². The average molecular weight is 317 g/mol. The van der Waals surface area contributed by atoms with E-state index in [1.807, 2.05) is 23.1 Å². The zero-order valence-electron chi connectivity index (χ0n) is 14.2. The molecule has 0 aliphatic carbocycles. The van der Waals surface area contributed by atoms with Crippen LogP contribution in [0.2, 0.25) is 0 Å². The Morgan fingerprint density at radius 1 is 1.22 bits per heavy atom. The molecule has 2 aliphatic rings. The van der Waals surface area contributed by atoms with Crippen molar-refractivity contribution in [2.45, 2.75) is 45.1 Å². The molecule has 2 N–H and O–H groups in total. The van der Waals surface area contributed by atoms with Gasteiger partial charge in [0.25, 0.3) is 0 Å². The molecule has 1 aromatic carbocycles. The molecule has 3 rings (SSSR count). The number of rotatable bonds is 2. The molecule has 0 unspecified atom stereocenters. The van der Waals surface area contributed by atoms with Crippen molar-refractivity contribution in [3.05, 3.63) is 18.2 Å². The smallest absolute Gasteiger partial charge is 0.242 e. The Morgan fingerprint density at radius 2 is 1.91 bits per heavy atom. The molecule has 1 aromatic rings. The molecular weight excluding hydrogens is 290 g/mol. The first kappa shape index (κ1) is 16.0. The van der Waals surface area contributed by atoms with Crippen molar-refractivity contribution in [2.24, 2.45) is 0 Å². The van der Waals surface area contributed by atoms with Crippen molar-refractivity contribution in [1.29, 1.82) is 0 Å². The zero-order chi connectivity index (χ0) is 16.4. The van der Waals surface area contributed by atoms with Gasteiger partial charge in [-0.3, -0.25) is 4.79 Å². The quantitative estimate of drug-likeness (QED) is 0.852. The van der Waals surface area contributed by atoms with Gasteiger partial charge in [-0.25, -0.2) is 0 Å². The Bertz CT molecular complexity index is 578. The van der Waals surface area contributed by atoms with Crippen molar-refractivity contribution in [3.63, 3.8) is 0 Å². The van der Waals surface area contributed by atoms with Crippen LogP contribution in [0.1, 0.15) is 39.5 Å². The summed E-state index contributed by atoms with van der Waals surface area (Å²) in [7, 11) is 0. The lowest BCUT2D eigenvalue weighted by atomic mass is 10.0. The Labute approximate surface area is 138 Å². The van der Waals surface area contributed by atoms with Crippen molar-refractivity contribution in [3.8, 4) is 5.75 Å². The lowest BCUT2D eigenvalue weighted by Gasteiger charge is -2.41. The largest absolute Gasteiger partial charge is 0.484 e. The fourth-order valence-electron chi connectivity index (χ4n) is 3.47. The van der Waals surface area contributed by atoms with Crippen LogP contribution in [0, 0.1) is 0 Å². The minimum Gasteiger partial charge on any atom is -0.484 e. The highest BCUT2D eigenvalue weighted by molar-refractivity contribution is 5.83. The molecule has 0 radical (unpaired) electrons. The molecule has 2 heterocycles. The van der Waals surface area contributed by atoms with E-state index in [9.17, 15) is 4.79 Å². The van der Waals surface area contributed by atoms with Crippen molar-refractivity contribution in [1.82, 2.24) is 4.90 Å². The molecule has 1 saturated heterocycles. The molecule has 5 nitrogen and oxygen atoms in total. The summed E-state index contributed by atoms with van der Waals surface area (Å²) >= 11 is 0. The number of amides is 1. The van der Waals surface area contributed by atoms with Crippen LogP contribution in [0.25, 0.3) is 0 Å². The number of carbonyl (C=O) groups excluding carboxylic acids is 1. The third kappa shape index (κ3) is 3.71. The van der Waals surface area contributed by atoms with E-state index < -0.39 is 0 Å². The topological polar surface area (TPSA) is 58.8 Å². The van der Waals surface area contributed by atoms with E-state index in [1.54, 1.807) is 0 Å². The highest BCUT2D eigenvalue weighted by atomic mass is 16.5. The van der Waals surface area contributed by atoms with Crippen molar-refractivity contribution < 1.29 is 9.53 Å². The second kappa shape index (κ2) is 6.30. The van der Waals surface area contributed by atoms with Gasteiger partial charge in [-0.05, 0) is 44.9 Å². The fraction of sp³-hybridized carbons (Fsp3) is 0.611. The molecule has 0 atom stereocenters. The third-order valence-corrected chi connectivity index (χ3v) is 4.57. The summed E-state index contributed by atoms with van der Waals surface area (Å²) in [5.41, 5.74) is 7.23. The molecule has 23 heavy (non-hydrogen) atoms. The summed E-state index contributed by atoms with van der Waals surface area (Å²) in [6.45, 7) is 6.95. The number of carbonyl (C=O) groups is 1. The van der Waals surface area contributed by atoms with Gasteiger partial charge in [0.2, 0.25) is 5.91 Å². The standard InChI is InChI=1S/C18H27N3O2/c1-18(2)13-21(15-11-14(19)7-8-16(15)23-18)12-17(22)20-9-5-3-4-6-10-20/h7-8,11H,3-6,9-10,12-13,19H2,1-2H3. The number of hydrogen-bond donors (Lipinski definition) is 1. The monoisotopic (exact) mass is 317 g/mol. The Morgan fingerprint density at radius 3 is 2.61 bits per heavy atom. The predicted octanol–water partition coefficient (Wildman–Crippen LogP) is 2.65. The summed E-state index contributed by atoms with van der Waals surface area (Å²) in [6, 6.07) is 5.64. The van der Waals surface area contributed by atoms with E-state index in [1.165, 1.54) is 12.8 Å². The predicted molar refractivity (Wildman–Crippen MR) is 92.8 cm³/mol. The van der Waals surface area contributed by atoms with Crippen LogP contribution >= 0.6 is 0 Å². The minimum absolute atomic E-state index is 0.206. The van der Waals surface area contributed by atoms with E-state index in [4.69, 9.17) is 10.5 Å². The summed E-state index contributed by atoms with van der Waals surface area (Å²) in [6.07, 6.45) is 4.69. The molecule has 5 heteroatoms. The first-order valence-electron chi connectivity index (χ1n) is 8.56. The van der Waals surface area contributed by atoms with Gasteiger partial charge in [-0.2, -0.15) is 0 Å². The summed E-state index contributed by atoms with van der Waals surface area (Å²) < 4.78 is 6.03. The summed E-state index contributed by atoms with van der Waals surface area (Å²) in [5, 5.41) is 0. The maximum atomic E-state index is 12.7. The van der Waals surface area contributed by atoms with Crippen LogP contribution in [0.15, 0.2) is 18.2 Å². The maximum absolute atomic E-state index is 12.7. The van der Waals surface area contributed by atoms with Gasteiger partial charge in [0.1, 0.15) is 11.4 Å². The van der Waals surface area contributed by atoms with E-state index in [0.717, 1.165) is 37.4 Å². The summed E-state index contributed by atoms with van der Waals surface area (Å²) in [5.74, 6) is 1.01. The maximum Gasteiger partial charge on any atom is 0.242 e. The lowest BCUT2D eigenvalue weighted by molar-refractivity contribution is -0.129. The number of likely N-dealkylation sites (tertiary alicyclic amines) is 1. The highest BCUT2D eigenvalue weighted by Gasteiger charge is 2.33. The second-order valence-electron chi connectivity index (χ2n) is 7.24. The molecule has 0 aromatic heterocycles. The van der Waals surface area contributed by atoms with E-state index in [-0.39, 0.29) is 11.5 Å². The van der Waals surface area contributed by atoms with Crippen LogP contribution in [-0.4, -0.2) is 42.6 Å². The average Bonchev–Trinajstić information content (AvgIpc) is 2.76. The number of fused-ring (bicyclic) bond motifs is 1. The Hall–Kier alpha value is -1.91. The SMILES string of the molecule is CC1(C)CN(CC(=O)N2CCCCCC2)c2cc(N)ccc2O1. The number of nitrogen functional groups attached to an aromatic ring is 1. The Balaban J connectivity index is 1.78. The number of benzene rings is 1. The molecule has 0 spiro atoms. The molecule has 1 amide bonds. The first-order valence-corrected chi connectivity index (χ1v) is 8.56. The number of hydrogen-bond acceptors (Lipinski definition) is 4. The summed E-state index contributed by atoms with van der Waals surface area (Å²) in [4.78, 5) is 16.9. The van der Waals surface area contributed by atoms with Gasteiger partial charge in [-0.15, -0.1) is 0 Å².